The first-order valence-corrected chi connectivity index (χ1v) is 14.6. The van der Waals surface area contributed by atoms with Crippen LogP contribution in [0, 0.1) is 0 Å². The summed E-state index contributed by atoms with van der Waals surface area (Å²) in [7, 11) is -2.73. The van der Waals surface area contributed by atoms with Crippen molar-refractivity contribution in [3.8, 4) is 5.75 Å². The van der Waals surface area contributed by atoms with Gasteiger partial charge in [-0.3, -0.25) is 13.9 Å². The maximum atomic E-state index is 14.0. The number of amides is 2. The molecule has 0 aromatic heterocycles. The summed E-state index contributed by atoms with van der Waals surface area (Å²) in [6.45, 7) is 6.77. The summed E-state index contributed by atoms with van der Waals surface area (Å²) in [5.74, 6) is -0.592. The van der Waals surface area contributed by atoms with Crippen LogP contribution in [-0.2, 0) is 26.2 Å². The second-order valence-corrected chi connectivity index (χ2v) is 12.8. The summed E-state index contributed by atoms with van der Waals surface area (Å²) >= 11 is 3.41. The first-order chi connectivity index (χ1) is 18.3. The lowest BCUT2D eigenvalue weighted by Crippen LogP contribution is -2.54. The van der Waals surface area contributed by atoms with Crippen molar-refractivity contribution in [1.29, 1.82) is 0 Å². The Balaban J connectivity index is 2.06. The molecule has 3 aromatic carbocycles. The molecule has 3 rings (SSSR count). The molecule has 0 aliphatic heterocycles. The maximum Gasteiger partial charge on any atom is 0.264 e. The van der Waals surface area contributed by atoms with E-state index in [1.165, 1.54) is 24.1 Å². The van der Waals surface area contributed by atoms with Gasteiger partial charge in [-0.15, -0.1) is 0 Å². The van der Waals surface area contributed by atoms with Gasteiger partial charge in [0.1, 0.15) is 18.3 Å². The third-order valence-corrected chi connectivity index (χ3v) is 8.20. The summed E-state index contributed by atoms with van der Waals surface area (Å²) in [5, 5.41) is 2.92. The lowest BCUT2D eigenvalue weighted by Gasteiger charge is -2.33. The van der Waals surface area contributed by atoms with Crippen molar-refractivity contribution in [3.05, 3.63) is 88.9 Å². The van der Waals surface area contributed by atoms with Crippen molar-refractivity contribution in [3.63, 3.8) is 0 Å². The van der Waals surface area contributed by atoms with E-state index < -0.39 is 34.1 Å². The van der Waals surface area contributed by atoms with Gasteiger partial charge in [-0.25, -0.2) is 8.42 Å². The monoisotopic (exact) mass is 615 g/mol. The number of sulfonamides is 1. The van der Waals surface area contributed by atoms with Gasteiger partial charge in [0.05, 0.1) is 17.7 Å². The van der Waals surface area contributed by atoms with Gasteiger partial charge in [0.25, 0.3) is 10.0 Å². The zero-order chi connectivity index (χ0) is 28.8. The highest BCUT2D eigenvalue weighted by atomic mass is 79.9. The van der Waals surface area contributed by atoms with Crippen LogP contribution in [0.4, 0.5) is 5.69 Å². The van der Waals surface area contributed by atoms with Gasteiger partial charge in [0.15, 0.2) is 0 Å². The van der Waals surface area contributed by atoms with E-state index in [1.54, 1.807) is 49.4 Å². The highest BCUT2D eigenvalue weighted by Gasteiger charge is 2.34. The van der Waals surface area contributed by atoms with E-state index in [1.807, 2.05) is 45.0 Å². The number of halogens is 1. The third kappa shape index (κ3) is 7.83. The van der Waals surface area contributed by atoms with Crippen molar-refractivity contribution in [2.24, 2.45) is 0 Å². The fraction of sp³-hybridized carbons (Fsp3) is 0.310. The number of rotatable bonds is 10. The minimum atomic E-state index is -4.17. The van der Waals surface area contributed by atoms with E-state index >= 15 is 0 Å². The molecule has 0 spiro atoms. The van der Waals surface area contributed by atoms with E-state index in [9.17, 15) is 18.0 Å². The summed E-state index contributed by atoms with van der Waals surface area (Å²) in [6, 6.07) is 21.0. The van der Waals surface area contributed by atoms with Gasteiger partial charge in [0.2, 0.25) is 11.8 Å². The maximum absolute atomic E-state index is 14.0. The van der Waals surface area contributed by atoms with Crippen LogP contribution in [0.2, 0.25) is 0 Å². The largest absolute Gasteiger partial charge is 0.495 e. The Morgan fingerprint density at radius 2 is 1.54 bits per heavy atom. The smallest absolute Gasteiger partial charge is 0.264 e. The predicted molar refractivity (Wildman–Crippen MR) is 156 cm³/mol. The molecular weight excluding hydrogens is 582 g/mol. The fourth-order valence-electron chi connectivity index (χ4n) is 3.91. The number of hydrogen-bond acceptors (Lipinski definition) is 5. The fourth-order valence-corrected chi connectivity index (χ4v) is 5.62. The molecule has 1 unspecified atom stereocenters. The Bertz CT molecular complexity index is 1390. The second kappa shape index (κ2) is 12.7. The van der Waals surface area contributed by atoms with E-state index in [-0.39, 0.29) is 23.0 Å². The molecule has 39 heavy (non-hydrogen) atoms. The predicted octanol–water partition coefficient (Wildman–Crippen LogP) is 4.99. The van der Waals surface area contributed by atoms with E-state index in [4.69, 9.17) is 4.74 Å². The van der Waals surface area contributed by atoms with Crippen molar-refractivity contribution in [2.75, 3.05) is 18.0 Å². The summed E-state index contributed by atoms with van der Waals surface area (Å²) in [4.78, 5) is 28.6. The van der Waals surface area contributed by atoms with Crippen LogP contribution in [0.5, 0.6) is 5.75 Å². The van der Waals surface area contributed by atoms with Crippen LogP contribution in [0.1, 0.15) is 33.3 Å². The minimum absolute atomic E-state index is 0.0293. The second-order valence-electron chi connectivity index (χ2n) is 10.1. The van der Waals surface area contributed by atoms with Gasteiger partial charge < -0.3 is 15.0 Å². The van der Waals surface area contributed by atoms with Gasteiger partial charge >= 0.3 is 0 Å². The average molecular weight is 617 g/mol. The Hall–Kier alpha value is -3.37. The minimum Gasteiger partial charge on any atom is -0.495 e. The zero-order valence-corrected chi connectivity index (χ0v) is 25.1. The van der Waals surface area contributed by atoms with Crippen LogP contribution < -0.4 is 14.4 Å². The van der Waals surface area contributed by atoms with Crippen molar-refractivity contribution in [2.45, 2.75) is 50.7 Å². The SMILES string of the molecule is COc1ccccc1N(CC(=O)N(Cc1ccc(Br)cc1)C(C)C(=O)NC(C)(C)C)S(=O)(=O)c1ccccc1. The first-order valence-electron chi connectivity index (χ1n) is 12.4. The van der Waals surface area contributed by atoms with Crippen molar-refractivity contribution >= 4 is 43.5 Å². The molecule has 1 atom stereocenters. The van der Waals surface area contributed by atoms with Crippen LogP contribution in [0.15, 0.2) is 88.2 Å². The van der Waals surface area contributed by atoms with E-state index in [2.05, 4.69) is 21.2 Å². The molecule has 10 heteroatoms. The van der Waals surface area contributed by atoms with E-state index in [0.717, 1.165) is 14.3 Å². The Morgan fingerprint density at radius 1 is 0.949 bits per heavy atom. The Morgan fingerprint density at radius 3 is 2.13 bits per heavy atom. The van der Waals surface area contributed by atoms with Gasteiger partial charge in [-0.05, 0) is 69.7 Å². The van der Waals surface area contributed by atoms with Crippen LogP contribution in [0.25, 0.3) is 0 Å². The molecule has 0 fully saturated rings. The topological polar surface area (TPSA) is 96.0 Å². The Labute approximate surface area is 239 Å². The lowest BCUT2D eigenvalue weighted by atomic mass is 10.1. The molecule has 0 heterocycles. The van der Waals surface area contributed by atoms with Crippen LogP contribution in [0.3, 0.4) is 0 Å². The van der Waals surface area contributed by atoms with Crippen molar-refractivity contribution < 1.29 is 22.7 Å². The number of hydrogen-bond donors (Lipinski definition) is 1. The number of nitrogens with one attached hydrogen (secondary N) is 1. The molecule has 0 radical (unpaired) electrons. The quantitative estimate of drug-likeness (QED) is 0.347. The summed E-state index contributed by atoms with van der Waals surface area (Å²) < 4.78 is 35.1. The van der Waals surface area contributed by atoms with Gasteiger partial charge in [0, 0.05) is 16.6 Å². The molecule has 0 bridgehead atoms. The molecule has 208 valence electrons. The highest BCUT2D eigenvalue weighted by Crippen LogP contribution is 2.32. The average Bonchev–Trinajstić information content (AvgIpc) is 2.90. The number of nitrogens with zero attached hydrogens (tertiary/aromatic N) is 2. The number of anilines is 1. The molecule has 3 aromatic rings. The highest BCUT2D eigenvalue weighted by molar-refractivity contribution is 9.10. The molecule has 8 nitrogen and oxygen atoms in total. The number of para-hydroxylation sites is 2. The molecular formula is C29H34BrN3O5S. The van der Waals surface area contributed by atoms with Crippen molar-refractivity contribution in [1.82, 2.24) is 10.2 Å². The number of methoxy groups -OCH3 is 1. The number of carbonyl (C=O) groups excluding carboxylic acids is 2. The number of benzene rings is 3. The lowest BCUT2D eigenvalue weighted by molar-refractivity contribution is -0.140. The zero-order valence-electron chi connectivity index (χ0n) is 22.7. The van der Waals surface area contributed by atoms with E-state index in [0.29, 0.717) is 5.75 Å². The first kappa shape index (κ1) is 30.2. The van der Waals surface area contributed by atoms with Crippen LogP contribution in [-0.4, -0.2) is 50.4 Å². The Kier molecular flexibility index (Phi) is 9.79. The normalized spacial score (nSPS) is 12.4. The van der Waals surface area contributed by atoms with Crippen LogP contribution >= 0.6 is 15.9 Å². The molecule has 0 aliphatic rings. The summed E-state index contributed by atoms with van der Waals surface area (Å²) in [6.07, 6.45) is 0. The molecule has 0 saturated heterocycles. The molecule has 0 saturated carbocycles. The molecule has 2 amide bonds. The number of carbonyl (C=O) groups is 2. The summed E-state index contributed by atoms with van der Waals surface area (Å²) in [5.41, 5.74) is 0.488. The third-order valence-electron chi connectivity index (χ3n) is 5.90. The van der Waals surface area contributed by atoms with Gasteiger partial charge in [-0.1, -0.05) is 58.4 Å². The molecule has 1 N–H and O–H groups in total. The molecule has 0 aliphatic carbocycles. The standard InChI is InChI=1S/C29H34BrN3O5S/c1-21(28(35)31-29(2,3)4)32(19-22-15-17-23(30)18-16-22)27(34)20-33(25-13-9-10-14-26(25)38-5)39(36,37)24-11-7-6-8-12-24/h6-18,21H,19-20H2,1-5H3,(H,31,35). The van der Waals surface area contributed by atoms with Gasteiger partial charge in [-0.2, -0.15) is 0 Å². The number of ether oxygens (including phenoxy) is 1.